The predicted molar refractivity (Wildman–Crippen MR) is 80.5 cm³/mol. The van der Waals surface area contributed by atoms with Crippen LogP contribution in [0.5, 0.6) is 0 Å². The minimum Gasteiger partial charge on any atom is -0.358 e. The molecule has 2 N–H and O–H groups in total. The number of hydrogen-bond donors (Lipinski definition) is 2. The third-order valence-corrected chi connectivity index (χ3v) is 5.59. The van der Waals surface area contributed by atoms with Crippen molar-refractivity contribution in [2.75, 3.05) is 38.2 Å². The summed E-state index contributed by atoms with van der Waals surface area (Å²) < 4.78 is 23.1. The van der Waals surface area contributed by atoms with E-state index < -0.39 is 9.84 Å². The molecule has 1 fully saturated rings. The molecule has 1 aliphatic heterocycles. The van der Waals surface area contributed by atoms with Crippen molar-refractivity contribution in [3.8, 4) is 0 Å². The number of rotatable bonds is 7. The Hall–Kier alpha value is -0.660. The van der Waals surface area contributed by atoms with Gasteiger partial charge in [-0.3, -0.25) is 9.69 Å². The lowest BCUT2D eigenvalue weighted by molar-refractivity contribution is -0.122. The van der Waals surface area contributed by atoms with Gasteiger partial charge in [0.1, 0.15) is 0 Å². The maximum Gasteiger partial charge on any atom is 0.233 e. The number of likely N-dealkylation sites (N-methyl/N-ethyl adjacent to an activating group) is 1. The molecule has 0 radical (unpaired) electrons. The van der Waals surface area contributed by atoms with Crippen molar-refractivity contribution in [1.82, 2.24) is 15.5 Å². The van der Waals surface area contributed by atoms with Gasteiger partial charge in [0.2, 0.25) is 5.91 Å². The van der Waals surface area contributed by atoms with E-state index in [1.54, 1.807) is 14.0 Å². The van der Waals surface area contributed by atoms with Crippen LogP contribution in [-0.2, 0) is 14.6 Å². The van der Waals surface area contributed by atoms with Gasteiger partial charge in [0.05, 0.1) is 12.3 Å². The molecule has 1 amide bonds. The second-order valence-corrected chi connectivity index (χ2v) is 7.89. The number of piperidine rings is 1. The molecule has 0 aromatic rings. The van der Waals surface area contributed by atoms with Gasteiger partial charge in [-0.25, -0.2) is 8.42 Å². The number of sulfone groups is 1. The van der Waals surface area contributed by atoms with Gasteiger partial charge >= 0.3 is 0 Å². The van der Waals surface area contributed by atoms with Crippen LogP contribution in [0.1, 0.15) is 26.7 Å². The first kappa shape index (κ1) is 17.4. The van der Waals surface area contributed by atoms with E-state index in [-0.39, 0.29) is 23.5 Å². The number of carbonyl (C=O) groups excluding carboxylic acids is 1. The molecule has 1 aliphatic rings. The SMILES string of the molecule is CCS(=O)(=O)CC(C)NC1CCN(CC(=O)NC)CC1. The zero-order valence-corrected chi connectivity index (χ0v) is 13.5. The van der Waals surface area contributed by atoms with E-state index in [1.165, 1.54) is 0 Å². The lowest BCUT2D eigenvalue weighted by atomic mass is 10.0. The highest BCUT2D eigenvalue weighted by Gasteiger charge is 2.23. The average molecular weight is 305 g/mol. The second-order valence-electron chi connectivity index (χ2n) is 5.49. The number of likely N-dealkylation sites (tertiary alicyclic amines) is 1. The molecule has 0 spiro atoms. The summed E-state index contributed by atoms with van der Waals surface area (Å²) in [4.78, 5) is 13.4. The zero-order chi connectivity index (χ0) is 15.2. The van der Waals surface area contributed by atoms with Crippen LogP contribution in [0.2, 0.25) is 0 Å². The number of amides is 1. The molecular formula is C13H27N3O3S. The molecule has 1 heterocycles. The minimum absolute atomic E-state index is 0.0181. The quantitative estimate of drug-likeness (QED) is 0.670. The van der Waals surface area contributed by atoms with E-state index in [0.717, 1.165) is 25.9 Å². The van der Waals surface area contributed by atoms with Gasteiger partial charge in [-0.1, -0.05) is 6.92 Å². The van der Waals surface area contributed by atoms with Crippen molar-refractivity contribution >= 4 is 15.7 Å². The molecule has 0 aromatic carbocycles. The first-order valence-electron chi connectivity index (χ1n) is 7.25. The van der Waals surface area contributed by atoms with Crippen molar-refractivity contribution in [2.45, 2.75) is 38.8 Å². The van der Waals surface area contributed by atoms with E-state index in [4.69, 9.17) is 0 Å². The Bertz CT molecular complexity index is 403. The largest absolute Gasteiger partial charge is 0.358 e. The summed E-state index contributed by atoms with van der Waals surface area (Å²) in [6.45, 7) is 5.79. The molecular weight excluding hydrogens is 278 g/mol. The summed E-state index contributed by atoms with van der Waals surface area (Å²) in [5, 5.41) is 6.02. The van der Waals surface area contributed by atoms with Crippen molar-refractivity contribution in [3.05, 3.63) is 0 Å². The molecule has 118 valence electrons. The summed E-state index contributed by atoms with van der Waals surface area (Å²) in [7, 11) is -1.28. The molecule has 20 heavy (non-hydrogen) atoms. The summed E-state index contributed by atoms with van der Waals surface area (Å²) in [6.07, 6.45) is 1.90. The fraction of sp³-hybridized carbons (Fsp3) is 0.923. The van der Waals surface area contributed by atoms with Crippen LogP contribution in [0.25, 0.3) is 0 Å². The Balaban J connectivity index is 2.30. The third-order valence-electron chi connectivity index (χ3n) is 3.70. The molecule has 1 atom stereocenters. The Kier molecular flexibility index (Phi) is 6.91. The number of nitrogens with zero attached hydrogens (tertiary/aromatic N) is 1. The third kappa shape index (κ3) is 6.19. The summed E-state index contributed by atoms with van der Waals surface area (Å²) in [6, 6.07) is 0.327. The first-order chi connectivity index (χ1) is 9.36. The molecule has 1 saturated heterocycles. The van der Waals surface area contributed by atoms with Crippen molar-refractivity contribution in [3.63, 3.8) is 0 Å². The Morgan fingerprint density at radius 3 is 2.45 bits per heavy atom. The van der Waals surface area contributed by atoms with E-state index >= 15 is 0 Å². The lowest BCUT2D eigenvalue weighted by Crippen LogP contribution is -2.48. The summed E-state index contributed by atoms with van der Waals surface area (Å²) >= 11 is 0. The van der Waals surface area contributed by atoms with Crippen molar-refractivity contribution in [1.29, 1.82) is 0 Å². The van der Waals surface area contributed by atoms with E-state index in [9.17, 15) is 13.2 Å². The first-order valence-corrected chi connectivity index (χ1v) is 9.07. The van der Waals surface area contributed by atoms with Crippen molar-refractivity contribution < 1.29 is 13.2 Å². The summed E-state index contributed by atoms with van der Waals surface area (Å²) in [5.41, 5.74) is 0. The molecule has 1 rings (SSSR count). The minimum atomic E-state index is -2.93. The maximum absolute atomic E-state index is 11.6. The molecule has 1 unspecified atom stereocenters. The molecule has 0 saturated carbocycles. The Morgan fingerprint density at radius 1 is 1.35 bits per heavy atom. The van der Waals surface area contributed by atoms with Crippen LogP contribution in [0, 0.1) is 0 Å². The molecule has 6 nitrogen and oxygen atoms in total. The van der Waals surface area contributed by atoms with Gasteiger partial charge < -0.3 is 10.6 Å². The summed E-state index contributed by atoms with van der Waals surface area (Å²) in [5.74, 6) is 0.435. The fourth-order valence-corrected chi connectivity index (χ4v) is 3.58. The second kappa shape index (κ2) is 7.95. The van der Waals surface area contributed by atoms with E-state index in [2.05, 4.69) is 15.5 Å². The van der Waals surface area contributed by atoms with E-state index in [0.29, 0.717) is 12.6 Å². The highest BCUT2D eigenvalue weighted by molar-refractivity contribution is 7.91. The number of hydrogen-bond acceptors (Lipinski definition) is 5. The van der Waals surface area contributed by atoms with E-state index in [1.807, 2.05) is 6.92 Å². The molecule has 0 bridgehead atoms. The highest BCUT2D eigenvalue weighted by Crippen LogP contribution is 2.11. The molecule has 0 aliphatic carbocycles. The van der Waals surface area contributed by atoms with Gasteiger partial charge in [0.25, 0.3) is 0 Å². The fourth-order valence-electron chi connectivity index (χ4n) is 2.49. The van der Waals surface area contributed by atoms with Crippen LogP contribution >= 0.6 is 0 Å². The standard InChI is InChI=1S/C13H27N3O3S/c1-4-20(18,19)10-11(2)15-12-5-7-16(8-6-12)9-13(17)14-3/h11-12,15H,4-10H2,1-3H3,(H,14,17). The monoisotopic (exact) mass is 305 g/mol. The predicted octanol–water partition coefficient (Wildman–Crippen LogP) is -0.390. The van der Waals surface area contributed by atoms with Gasteiger partial charge in [-0.2, -0.15) is 0 Å². The van der Waals surface area contributed by atoms with Gasteiger partial charge in [-0.15, -0.1) is 0 Å². The van der Waals surface area contributed by atoms with Gasteiger partial charge in [0.15, 0.2) is 9.84 Å². The zero-order valence-electron chi connectivity index (χ0n) is 12.7. The Morgan fingerprint density at radius 2 is 1.95 bits per heavy atom. The van der Waals surface area contributed by atoms with Crippen molar-refractivity contribution in [2.24, 2.45) is 0 Å². The highest BCUT2D eigenvalue weighted by atomic mass is 32.2. The van der Waals surface area contributed by atoms with Crippen LogP contribution in [0.4, 0.5) is 0 Å². The topological polar surface area (TPSA) is 78.5 Å². The average Bonchev–Trinajstić information content (AvgIpc) is 2.40. The number of nitrogens with one attached hydrogen (secondary N) is 2. The van der Waals surface area contributed by atoms with Crippen LogP contribution in [0.3, 0.4) is 0 Å². The van der Waals surface area contributed by atoms with Gasteiger partial charge in [-0.05, 0) is 19.8 Å². The smallest absolute Gasteiger partial charge is 0.233 e. The van der Waals surface area contributed by atoms with Crippen LogP contribution < -0.4 is 10.6 Å². The normalized spacial score (nSPS) is 19.8. The maximum atomic E-state index is 11.6. The molecule has 7 heteroatoms. The van der Waals surface area contributed by atoms with Crippen LogP contribution in [0.15, 0.2) is 0 Å². The van der Waals surface area contributed by atoms with Crippen LogP contribution in [-0.4, -0.2) is 69.5 Å². The Labute approximate surface area is 122 Å². The molecule has 0 aromatic heterocycles. The van der Waals surface area contributed by atoms with Gasteiger partial charge in [0, 0.05) is 38.0 Å². The number of carbonyl (C=O) groups is 1. The lowest BCUT2D eigenvalue weighted by Gasteiger charge is -2.33.